The quantitative estimate of drug-likeness (QED) is 0.641. The van der Waals surface area contributed by atoms with Crippen LogP contribution in [0.2, 0.25) is 0 Å². The highest BCUT2D eigenvalue weighted by molar-refractivity contribution is 6.07. The standard InChI is InChI=1S/C23H21N3O4/c1-15-5-4-12-26(20(15)27)14-23(21(28)24-22(29)25-23)18-10-8-16(9-11-18)17-6-3-7-19(13-17)30-2/h3-13H,14H2,1-2H3,(H2,24,25,28,29). The zero-order valence-corrected chi connectivity index (χ0v) is 16.6. The Balaban J connectivity index is 1.75. The highest BCUT2D eigenvalue weighted by Gasteiger charge is 2.48. The molecule has 7 nitrogen and oxygen atoms in total. The molecule has 1 unspecified atom stereocenters. The molecular formula is C23H21N3O4. The molecule has 0 bridgehead atoms. The van der Waals surface area contributed by atoms with Crippen LogP contribution in [0.5, 0.6) is 5.75 Å². The molecule has 1 aliphatic rings. The summed E-state index contributed by atoms with van der Waals surface area (Å²) in [5, 5.41) is 5.03. The summed E-state index contributed by atoms with van der Waals surface area (Å²) in [4.78, 5) is 37.3. The van der Waals surface area contributed by atoms with Crippen LogP contribution >= 0.6 is 0 Å². The minimum Gasteiger partial charge on any atom is -0.497 e. The molecule has 1 aliphatic heterocycles. The Morgan fingerprint density at radius 2 is 1.73 bits per heavy atom. The Morgan fingerprint density at radius 3 is 2.40 bits per heavy atom. The fourth-order valence-corrected chi connectivity index (χ4v) is 3.68. The van der Waals surface area contributed by atoms with Gasteiger partial charge in [0.15, 0.2) is 5.54 Å². The normalized spacial score (nSPS) is 18.1. The van der Waals surface area contributed by atoms with E-state index < -0.39 is 17.5 Å². The molecule has 1 fully saturated rings. The average Bonchev–Trinajstić information content (AvgIpc) is 3.05. The topological polar surface area (TPSA) is 89.4 Å². The molecule has 2 aromatic carbocycles. The van der Waals surface area contributed by atoms with Gasteiger partial charge < -0.3 is 14.6 Å². The number of benzene rings is 2. The van der Waals surface area contributed by atoms with Crippen LogP contribution < -0.4 is 20.9 Å². The number of hydrogen-bond donors (Lipinski definition) is 2. The molecule has 1 atom stereocenters. The number of nitrogens with one attached hydrogen (secondary N) is 2. The van der Waals surface area contributed by atoms with Gasteiger partial charge in [-0.25, -0.2) is 4.79 Å². The molecule has 152 valence electrons. The van der Waals surface area contributed by atoms with E-state index in [1.165, 1.54) is 4.57 Å². The first-order valence-electron chi connectivity index (χ1n) is 9.47. The van der Waals surface area contributed by atoms with Gasteiger partial charge in [-0.2, -0.15) is 0 Å². The molecule has 3 aromatic rings. The second-order valence-electron chi connectivity index (χ2n) is 7.25. The van der Waals surface area contributed by atoms with Gasteiger partial charge in [0.25, 0.3) is 11.5 Å². The fraction of sp³-hybridized carbons (Fsp3) is 0.174. The highest BCUT2D eigenvalue weighted by atomic mass is 16.5. The van der Waals surface area contributed by atoms with E-state index in [0.29, 0.717) is 11.1 Å². The molecule has 0 spiro atoms. The van der Waals surface area contributed by atoms with Crippen LogP contribution in [0.1, 0.15) is 11.1 Å². The van der Waals surface area contributed by atoms with Crippen LogP contribution in [-0.4, -0.2) is 23.6 Å². The van der Waals surface area contributed by atoms with Crippen molar-refractivity contribution in [3.8, 4) is 16.9 Å². The SMILES string of the molecule is COc1cccc(-c2ccc(C3(Cn4cccc(C)c4=O)NC(=O)NC3=O)cc2)c1. The van der Waals surface area contributed by atoms with Crippen molar-refractivity contribution in [1.82, 2.24) is 15.2 Å². The average molecular weight is 403 g/mol. The Morgan fingerprint density at radius 1 is 0.967 bits per heavy atom. The summed E-state index contributed by atoms with van der Waals surface area (Å²) >= 11 is 0. The van der Waals surface area contributed by atoms with Gasteiger partial charge in [0, 0.05) is 11.8 Å². The van der Waals surface area contributed by atoms with Gasteiger partial charge in [-0.1, -0.05) is 42.5 Å². The van der Waals surface area contributed by atoms with E-state index in [0.717, 1.165) is 16.9 Å². The first-order valence-corrected chi connectivity index (χ1v) is 9.47. The monoisotopic (exact) mass is 403 g/mol. The fourth-order valence-electron chi connectivity index (χ4n) is 3.68. The number of nitrogens with zero attached hydrogens (tertiary/aromatic N) is 1. The summed E-state index contributed by atoms with van der Waals surface area (Å²) < 4.78 is 6.72. The number of pyridine rings is 1. The third-order valence-corrected chi connectivity index (χ3v) is 5.34. The van der Waals surface area contributed by atoms with Crippen molar-refractivity contribution in [1.29, 1.82) is 0 Å². The second-order valence-corrected chi connectivity index (χ2v) is 7.25. The number of aryl methyl sites for hydroxylation is 1. The predicted molar refractivity (Wildman–Crippen MR) is 112 cm³/mol. The van der Waals surface area contributed by atoms with E-state index in [9.17, 15) is 14.4 Å². The van der Waals surface area contributed by atoms with E-state index >= 15 is 0 Å². The molecule has 1 saturated heterocycles. The summed E-state index contributed by atoms with van der Waals surface area (Å²) in [7, 11) is 1.61. The Kier molecular flexibility index (Phi) is 4.87. The van der Waals surface area contributed by atoms with Crippen LogP contribution in [0.4, 0.5) is 4.79 Å². The van der Waals surface area contributed by atoms with Gasteiger partial charge in [0.05, 0.1) is 13.7 Å². The predicted octanol–water partition coefficient (Wildman–Crippen LogP) is 2.57. The molecule has 30 heavy (non-hydrogen) atoms. The van der Waals surface area contributed by atoms with Gasteiger partial charge in [0.2, 0.25) is 0 Å². The van der Waals surface area contributed by atoms with E-state index in [1.54, 1.807) is 44.5 Å². The Bertz CT molecular complexity index is 1180. The van der Waals surface area contributed by atoms with Crippen molar-refractivity contribution in [2.45, 2.75) is 19.0 Å². The maximum absolute atomic E-state index is 12.8. The number of ether oxygens (including phenoxy) is 1. The lowest BCUT2D eigenvalue weighted by molar-refractivity contribution is -0.124. The Hall–Kier alpha value is -3.87. The summed E-state index contributed by atoms with van der Waals surface area (Å²) in [6, 6.07) is 17.9. The molecule has 3 amide bonds. The Labute approximate surface area is 173 Å². The van der Waals surface area contributed by atoms with Crippen LogP contribution in [0.3, 0.4) is 0 Å². The largest absolute Gasteiger partial charge is 0.497 e. The van der Waals surface area contributed by atoms with E-state index in [1.807, 2.05) is 36.4 Å². The van der Waals surface area contributed by atoms with Crippen molar-refractivity contribution < 1.29 is 14.3 Å². The molecule has 0 radical (unpaired) electrons. The van der Waals surface area contributed by atoms with Crippen LogP contribution in [-0.2, 0) is 16.9 Å². The number of rotatable bonds is 5. The number of amides is 3. The van der Waals surface area contributed by atoms with Gasteiger partial charge in [0.1, 0.15) is 5.75 Å². The molecule has 4 rings (SSSR count). The number of carbonyl (C=O) groups is 2. The molecule has 2 N–H and O–H groups in total. The van der Waals surface area contributed by atoms with Crippen LogP contribution in [0.15, 0.2) is 71.7 Å². The number of carbonyl (C=O) groups excluding carboxylic acids is 2. The summed E-state index contributed by atoms with van der Waals surface area (Å²) in [6.07, 6.45) is 1.61. The van der Waals surface area contributed by atoms with Crippen molar-refractivity contribution in [3.05, 3.63) is 88.3 Å². The lowest BCUT2D eigenvalue weighted by Crippen LogP contribution is -2.49. The first-order chi connectivity index (χ1) is 14.4. The van der Waals surface area contributed by atoms with Crippen molar-refractivity contribution >= 4 is 11.9 Å². The maximum Gasteiger partial charge on any atom is 0.322 e. The lowest BCUT2D eigenvalue weighted by atomic mass is 9.88. The second kappa shape index (κ2) is 7.51. The van der Waals surface area contributed by atoms with Gasteiger partial charge in [-0.15, -0.1) is 0 Å². The summed E-state index contributed by atoms with van der Waals surface area (Å²) in [5.74, 6) is 0.254. The first kappa shape index (κ1) is 19.4. The smallest absolute Gasteiger partial charge is 0.322 e. The van der Waals surface area contributed by atoms with Crippen molar-refractivity contribution in [2.75, 3.05) is 7.11 Å². The van der Waals surface area contributed by atoms with E-state index in [-0.39, 0.29) is 12.1 Å². The van der Waals surface area contributed by atoms with Gasteiger partial charge in [-0.3, -0.25) is 14.9 Å². The molecule has 0 saturated carbocycles. The van der Waals surface area contributed by atoms with Crippen LogP contribution in [0.25, 0.3) is 11.1 Å². The number of imide groups is 1. The number of hydrogen-bond acceptors (Lipinski definition) is 4. The third-order valence-electron chi connectivity index (χ3n) is 5.34. The minimum absolute atomic E-state index is 0.0103. The molecule has 1 aromatic heterocycles. The van der Waals surface area contributed by atoms with Crippen molar-refractivity contribution in [3.63, 3.8) is 0 Å². The summed E-state index contributed by atoms with van der Waals surface area (Å²) in [6.45, 7) is 1.70. The van der Waals surface area contributed by atoms with E-state index in [4.69, 9.17) is 4.74 Å². The molecule has 7 heteroatoms. The number of aromatic nitrogens is 1. The zero-order valence-electron chi connectivity index (χ0n) is 16.6. The lowest BCUT2D eigenvalue weighted by Gasteiger charge is -2.27. The zero-order chi connectivity index (χ0) is 21.3. The third kappa shape index (κ3) is 3.34. The maximum atomic E-state index is 12.8. The summed E-state index contributed by atoms with van der Waals surface area (Å²) in [5.41, 5.74) is 1.47. The van der Waals surface area contributed by atoms with Gasteiger partial charge >= 0.3 is 6.03 Å². The number of urea groups is 1. The van der Waals surface area contributed by atoms with Gasteiger partial charge in [-0.05, 0) is 41.8 Å². The minimum atomic E-state index is -1.37. The molecular weight excluding hydrogens is 382 g/mol. The molecule has 0 aliphatic carbocycles. The highest BCUT2D eigenvalue weighted by Crippen LogP contribution is 2.30. The van der Waals surface area contributed by atoms with Crippen LogP contribution in [0, 0.1) is 6.92 Å². The number of methoxy groups -OCH3 is 1. The van der Waals surface area contributed by atoms with E-state index in [2.05, 4.69) is 10.6 Å². The molecule has 2 heterocycles. The van der Waals surface area contributed by atoms with Crippen molar-refractivity contribution in [2.24, 2.45) is 0 Å².